The fourth-order valence-electron chi connectivity index (χ4n) is 3.39. The fraction of sp³-hybridized carbons (Fsp3) is 1.00. The van der Waals surface area contributed by atoms with Gasteiger partial charge in [0, 0.05) is 19.2 Å². The average molecular weight is 268 g/mol. The number of likely N-dealkylation sites (N-methyl/N-ethyl adjacent to an activating group) is 1. The van der Waals surface area contributed by atoms with E-state index in [0.717, 1.165) is 38.1 Å². The van der Waals surface area contributed by atoms with Gasteiger partial charge in [0.1, 0.15) is 0 Å². The lowest BCUT2D eigenvalue weighted by Crippen LogP contribution is -2.46. The van der Waals surface area contributed by atoms with Gasteiger partial charge < -0.3 is 15.4 Å². The maximum Gasteiger partial charge on any atom is 0.0593 e. The van der Waals surface area contributed by atoms with Gasteiger partial charge >= 0.3 is 0 Å². The van der Waals surface area contributed by atoms with Gasteiger partial charge in [-0.1, -0.05) is 19.8 Å². The van der Waals surface area contributed by atoms with Crippen molar-refractivity contribution >= 4 is 0 Å². The van der Waals surface area contributed by atoms with Gasteiger partial charge in [-0.2, -0.15) is 0 Å². The first-order valence-electron chi connectivity index (χ1n) is 8.22. The van der Waals surface area contributed by atoms with Crippen LogP contribution in [0, 0.1) is 17.8 Å². The van der Waals surface area contributed by atoms with E-state index < -0.39 is 0 Å². The average Bonchev–Trinajstić information content (AvgIpc) is 3.26. The minimum absolute atomic E-state index is 0.674. The van der Waals surface area contributed by atoms with Crippen LogP contribution in [0.2, 0.25) is 0 Å². The van der Waals surface area contributed by atoms with E-state index in [-0.39, 0.29) is 0 Å². The predicted molar refractivity (Wildman–Crippen MR) is 80.1 cm³/mol. The summed E-state index contributed by atoms with van der Waals surface area (Å²) in [4.78, 5) is 2.51. The molecule has 0 heterocycles. The molecule has 0 aromatic rings. The van der Waals surface area contributed by atoms with E-state index in [9.17, 15) is 0 Å². The van der Waals surface area contributed by atoms with Crippen LogP contribution >= 0.6 is 0 Å². The summed E-state index contributed by atoms with van der Waals surface area (Å²) in [7, 11) is 2.26. The molecule has 3 nitrogen and oxygen atoms in total. The van der Waals surface area contributed by atoms with Gasteiger partial charge in [-0.3, -0.25) is 0 Å². The van der Waals surface area contributed by atoms with Gasteiger partial charge in [-0.15, -0.1) is 0 Å². The van der Waals surface area contributed by atoms with E-state index in [1.54, 1.807) is 0 Å². The molecule has 3 atom stereocenters. The molecule has 0 bridgehead atoms. The summed E-state index contributed by atoms with van der Waals surface area (Å²) in [6, 6.07) is 0.674. The van der Waals surface area contributed by atoms with Crippen molar-refractivity contribution in [3.8, 4) is 0 Å². The molecule has 3 heteroatoms. The number of ether oxygens (including phenoxy) is 1. The molecular weight excluding hydrogens is 236 g/mol. The predicted octanol–water partition coefficient (Wildman–Crippen LogP) is 2.50. The SMILES string of the molecule is CCC1CCC(CN)C(N(C)CCOCC2CC2)C1. The highest BCUT2D eigenvalue weighted by atomic mass is 16.5. The molecule has 0 aliphatic heterocycles. The van der Waals surface area contributed by atoms with Crippen LogP contribution in [-0.4, -0.2) is 44.3 Å². The second-order valence-corrected chi connectivity index (χ2v) is 6.65. The van der Waals surface area contributed by atoms with Gasteiger partial charge in [-0.05, 0) is 57.0 Å². The summed E-state index contributed by atoms with van der Waals surface area (Å²) < 4.78 is 5.77. The van der Waals surface area contributed by atoms with Crippen molar-refractivity contribution in [2.75, 3.05) is 33.4 Å². The van der Waals surface area contributed by atoms with Crippen molar-refractivity contribution in [2.24, 2.45) is 23.5 Å². The Kier molecular flexibility index (Phi) is 6.11. The Hall–Kier alpha value is -0.120. The van der Waals surface area contributed by atoms with Gasteiger partial charge in [-0.25, -0.2) is 0 Å². The minimum Gasteiger partial charge on any atom is -0.380 e. The van der Waals surface area contributed by atoms with Crippen LogP contribution in [0.3, 0.4) is 0 Å². The van der Waals surface area contributed by atoms with Crippen LogP contribution in [0.1, 0.15) is 45.4 Å². The van der Waals surface area contributed by atoms with Gasteiger partial charge in [0.2, 0.25) is 0 Å². The Labute approximate surface area is 118 Å². The van der Waals surface area contributed by atoms with Crippen molar-refractivity contribution in [1.29, 1.82) is 0 Å². The molecule has 3 unspecified atom stereocenters. The summed E-state index contributed by atoms with van der Waals surface area (Å²) in [6.07, 6.45) is 8.10. The third-order valence-corrected chi connectivity index (χ3v) is 5.15. The van der Waals surface area contributed by atoms with E-state index in [0.29, 0.717) is 12.0 Å². The molecule has 19 heavy (non-hydrogen) atoms. The Morgan fingerprint density at radius 1 is 1.16 bits per heavy atom. The van der Waals surface area contributed by atoms with Gasteiger partial charge in [0.25, 0.3) is 0 Å². The van der Waals surface area contributed by atoms with Gasteiger partial charge in [0.05, 0.1) is 6.61 Å². The van der Waals surface area contributed by atoms with Crippen molar-refractivity contribution in [3.63, 3.8) is 0 Å². The molecule has 112 valence electrons. The van der Waals surface area contributed by atoms with Crippen LogP contribution in [0.4, 0.5) is 0 Å². The Balaban J connectivity index is 1.71. The molecule has 0 aromatic carbocycles. The van der Waals surface area contributed by atoms with Crippen molar-refractivity contribution in [2.45, 2.75) is 51.5 Å². The summed E-state index contributed by atoms with van der Waals surface area (Å²) in [6.45, 7) is 6.09. The smallest absolute Gasteiger partial charge is 0.0593 e. The van der Waals surface area contributed by atoms with E-state index in [1.165, 1.54) is 38.5 Å². The number of rotatable bonds is 8. The van der Waals surface area contributed by atoms with Crippen LogP contribution in [0.5, 0.6) is 0 Å². The minimum atomic E-state index is 0.674. The quantitative estimate of drug-likeness (QED) is 0.687. The molecule has 2 N–H and O–H groups in total. The zero-order valence-corrected chi connectivity index (χ0v) is 12.8. The Morgan fingerprint density at radius 3 is 2.53 bits per heavy atom. The fourth-order valence-corrected chi connectivity index (χ4v) is 3.39. The maximum atomic E-state index is 5.96. The Bertz CT molecular complexity index is 255. The number of hydrogen-bond donors (Lipinski definition) is 1. The lowest BCUT2D eigenvalue weighted by Gasteiger charge is -2.40. The zero-order valence-electron chi connectivity index (χ0n) is 12.8. The summed E-state index contributed by atoms with van der Waals surface area (Å²) in [5.74, 6) is 2.47. The van der Waals surface area contributed by atoms with E-state index >= 15 is 0 Å². The summed E-state index contributed by atoms with van der Waals surface area (Å²) >= 11 is 0. The largest absolute Gasteiger partial charge is 0.380 e. The standard InChI is InChI=1S/C16H32N2O/c1-3-13-6-7-15(11-17)16(10-13)18(2)8-9-19-12-14-4-5-14/h13-16H,3-12,17H2,1-2H3. The third-order valence-electron chi connectivity index (χ3n) is 5.15. The molecule has 2 aliphatic carbocycles. The molecule has 2 fully saturated rings. The lowest BCUT2D eigenvalue weighted by molar-refractivity contribution is 0.0563. The van der Waals surface area contributed by atoms with E-state index in [1.807, 2.05) is 0 Å². The number of hydrogen-bond acceptors (Lipinski definition) is 3. The normalized spacial score (nSPS) is 31.9. The monoisotopic (exact) mass is 268 g/mol. The van der Waals surface area contributed by atoms with Crippen molar-refractivity contribution < 1.29 is 4.74 Å². The van der Waals surface area contributed by atoms with Crippen LogP contribution in [-0.2, 0) is 4.74 Å². The van der Waals surface area contributed by atoms with Gasteiger partial charge in [0.15, 0.2) is 0 Å². The first-order valence-corrected chi connectivity index (χ1v) is 8.22. The zero-order chi connectivity index (χ0) is 13.7. The molecule has 2 rings (SSSR count). The highest BCUT2D eigenvalue weighted by molar-refractivity contribution is 4.86. The molecule has 2 saturated carbocycles. The molecule has 0 radical (unpaired) electrons. The highest BCUT2D eigenvalue weighted by Gasteiger charge is 2.31. The van der Waals surface area contributed by atoms with E-state index in [4.69, 9.17) is 10.5 Å². The van der Waals surface area contributed by atoms with Crippen molar-refractivity contribution in [3.05, 3.63) is 0 Å². The molecule has 0 aromatic heterocycles. The van der Waals surface area contributed by atoms with Crippen LogP contribution in [0.15, 0.2) is 0 Å². The Morgan fingerprint density at radius 2 is 1.89 bits per heavy atom. The first kappa shape index (κ1) is 15.3. The molecule has 0 saturated heterocycles. The second-order valence-electron chi connectivity index (χ2n) is 6.65. The topological polar surface area (TPSA) is 38.5 Å². The molecular formula is C16H32N2O. The molecule has 2 aliphatic rings. The first-order chi connectivity index (χ1) is 9.24. The molecule has 0 spiro atoms. The maximum absolute atomic E-state index is 5.96. The van der Waals surface area contributed by atoms with Crippen LogP contribution in [0.25, 0.3) is 0 Å². The number of nitrogens with zero attached hydrogens (tertiary/aromatic N) is 1. The summed E-state index contributed by atoms with van der Waals surface area (Å²) in [5, 5.41) is 0. The number of nitrogens with two attached hydrogens (primary N) is 1. The lowest BCUT2D eigenvalue weighted by atomic mass is 9.76. The van der Waals surface area contributed by atoms with Crippen molar-refractivity contribution in [1.82, 2.24) is 4.90 Å². The van der Waals surface area contributed by atoms with Crippen LogP contribution < -0.4 is 5.73 Å². The highest BCUT2D eigenvalue weighted by Crippen LogP contribution is 2.33. The molecule has 0 amide bonds. The van der Waals surface area contributed by atoms with E-state index in [2.05, 4.69) is 18.9 Å². The summed E-state index contributed by atoms with van der Waals surface area (Å²) in [5.41, 5.74) is 5.96. The second kappa shape index (κ2) is 7.61. The third kappa shape index (κ3) is 4.73.